The van der Waals surface area contributed by atoms with Crippen molar-refractivity contribution in [1.29, 1.82) is 0 Å². The van der Waals surface area contributed by atoms with Crippen LogP contribution in [0.4, 0.5) is 0 Å². The second kappa shape index (κ2) is 5.29. The van der Waals surface area contributed by atoms with E-state index in [0.29, 0.717) is 0 Å². The molecule has 1 rings (SSSR count). The van der Waals surface area contributed by atoms with Crippen molar-refractivity contribution in [3.8, 4) is 0 Å². The van der Waals surface area contributed by atoms with Crippen LogP contribution in [0.15, 0.2) is 40.7 Å². The Morgan fingerprint density at radius 2 is 2.12 bits per heavy atom. The summed E-state index contributed by atoms with van der Waals surface area (Å²) in [6, 6.07) is 2.32. The summed E-state index contributed by atoms with van der Waals surface area (Å²) in [7, 11) is -3.59. The third kappa shape index (κ3) is 3.04. The maximum Gasteiger partial charge on any atom is 0.247 e. The van der Waals surface area contributed by atoms with E-state index >= 15 is 0 Å². The summed E-state index contributed by atoms with van der Waals surface area (Å²) in [5, 5.41) is 0. The number of hydrogen-bond donors (Lipinski definition) is 1. The van der Waals surface area contributed by atoms with Crippen LogP contribution in [-0.4, -0.2) is 30.3 Å². The van der Waals surface area contributed by atoms with E-state index in [9.17, 15) is 13.2 Å². The maximum absolute atomic E-state index is 12.2. The monoisotopic (exact) mass is 256 g/mol. The highest BCUT2D eigenvalue weighted by Gasteiger charge is 2.25. The van der Waals surface area contributed by atoms with E-state index in [4.69, 9.17) is 0 Å². The highest BCUT2D eigenvalue weighted by molar-refractivity contribution is 7.89. The molecule has 1 N–H and O–H groups in total. The number of sulfonamides is 1. The fourth-order valence-electron chi connectivity index (χ4n) is 1.41. The zero-order chi connectivity index (χ0) is 13.1. The molecule has 0 aliphatic carbocycles. The van der Waals surface area contributed by atoms with Crippen LogP contribution in [-0.2, 0) is 10.0 Å². The van der Waals surface area contributed by atoms with Crippen LogP contribution in [0.3, 0.4) is 0 Å². The molecule has 1 aromatic rings. The van der Waals surface area contributed by atoms with Gasteiger partial charge < -0.3 is 4.98 Å². The van der Waals surface area contributed by atoms with E-state index in [2.05, 4.69) is 11.6 Å². The molecule has 0 fully saturated rings. The van der Waals surface area contributed by atoms with Gasteiger partial charge in [0.15, 0.2) is 0 Å². The Kier molecular flexibility index (Phi) is 4.25. The molecule has 0 aliphatic rings. The molecule has 0 aromatic carbocycles. The minimum Gasteiger partial charge on any atom is -0.328 e. The number of pyridine rings is 1. The highest BCUT2D eigenvalue weighted by atomic mass is 32.2. The SMILES string of the molecule is C=CCN(C(C)C)S(=O)(=O)c1ccc(=O)[nH]c1. The van der Waals surface area contributed by atoms with Crippen LogP contribution in [0.1, 0.15) is 13.8 Å². The molecule has 1 heterocycles. The molecule has 0 amide bonds. The van der Waals surface area contributed by atoms with E-state index in [1.807, 2.05) is 0 Å². The van der Waals surface area contributed by atoms with Crippen LogP contribution in [0.25, 0.3) is 0 Å². The van der Waals surface area contributed by atoms with Crippen LogP contribution in [0.5, 0.6) is 0 Å². The molecule has 0 atom stereocenters. The summed E-state index contributed by atoms with van der Waals surface area (Å²) in [6.07, 6.45) is 2.74. The highest BCUT2D eigenvalue weighted by Crippen LogP contribution is 2.16. The number of aromatic nitrogens is 1. The molecule has 0 bridgehead atoms. The van der Waals surface area contributed by atoms with Gasteiger partial charge in [0.25, 0.3) is 0 Å². The van der Waals surface area contributed by atoms with E-state index in [0.717, 1.165) is 0 Å². The molecule has 0 radical (unpaired) electrons. The first-order valence-electron chi connectivity index (χ1n) is 5.21. The first-order valence-corrected chi connectivity index (χ1v) is 6.65. The topological polar surface area (TPSA) is 70.2 Å². The summed E-state index contributed by atoms with van der Waals surface area (Å²) in [5.41, 5.74) is -0.330. The molecule has 17 heavy (non-hydrogen) atoms. The lowest BCUT2D eigenvalue weighted by molar-refractivity contribution is 0.382. The average molecular weight is 256 g/mol. The van der Waals surface area contributed by atoms with E-state index in [-0.39, 0.29) is 23.0 Å². The molecule has 0 unspecified atom stereocenters. The summed E-state index contributed by atoms with van der Waals surface area (Å²) >= 11 is 0. The summed E-state index contributed by atoms with van der Waals surface area (Å²) in [5.74, 6) is 0. The second-order valence-electron chi connectivity index (χ2n) is 3.85. The van der Waals surface area contributed by atoms with Gasteiger partial charge in [-0.3, -0.25) is 4.79 Å². The Hall–Kier alpha value is -1.40. The lowest BCUT2D eigenvalue weighted by Gasteiger charge is -2.24. The average Bonchev–Trinajstić information content (AvgIpc) is 2.25. The van der Waals surface area contributed by atoms with E-state index < -0.39 is 10.0 Å². The predicted octanol–water partition coefficient (Wildman–Crippen LogP) is 0.960. The minimum atomic E-state index is -3.59. The molecule has 0 aliphatic heterocycles. The molecule has 0 saturated heterocycles. The van der Waals surface area contributed by atoms with Gasteiger partial charge in [-0.25, -0.2) is 8.42 Å². The lowest BCUT2D eigenvalue weighted by atomic mass is 10.4. The van der Waals surface area contributed by atoms with Gasteiger partial charge in [-0.1, -0.05) is 6.08 Å². The molecule has 6 heteroatoms. The van der Waals surface area contributed by atoms with Crippen LogP contribution in [0, 0.1) is 0 Å². The second-order valence-corrected chi connectivity index (χ2v) is 5.74. The number of nitrogens with one attached hydrogen (secondary N) is 1. The van der Waals surface area contributed by atoms with Gasteiger partial charge in [0, 0.05) is 24.8 Å². The first kappa shape index (κ1) is 13.7. The van der Waals surface area contributed by atoms with E-state index in [1.165, 1.54) is 28.7 Å². The molecule has 1 aromatic heterocycles. The Balaban J connectivity index is 3.20. The van der Waals surface area contributed by atoms with Crippen molar-refractivity contribution in [2.45, 2.75) is 24.8 Å². The molecule has 94 valence electrons. The standard InChI is InChI=1S/C11H16N2O3S/c1-4-7-13(9(2)3)17(15,16)10-5-6-11(14)12-8-10/h4-6,8-9H,1,7H2,2-3H3,(H,12,14). The zero-order valence-electron chi connectivity index (χ0n) is 9.88. The zero-order valence-corrected chi connectivity index (χ0v) is 10.7. The third-order valence-corrected chi connectivity index (χ3v) is 4.29. The summed E-state index contributed by atoms with van der Waals surface area (Å²) in [4.78, 5) is 13.3. The van der Waals surface area contributed by atoms with Gasteiger partial charge in [0.05, 0.1) is 4.90 Å². The van der Waals surface area contributed by atoms with Crippen molar-refractivity contribution in [1.82, 2.24) is 9.29 Å². The maximum atomic E-state index is 12.2. The van der Waals surface area contributed by atoms with Gasteiger partial charge in [-0.2, -0.15) is 4.31 Å². The molecular weight excluding hydrogens is 240 g/mol. The predicted molar refractivity (Wildman–Crippen MR) is 66.3 cm³/mol. The number of H-pyrrole nitrogens is 1. The quantitative estimate of drug-likeness (QED) is 0.798. The van der Waals surface area contributed by atoms with Crippen molar-refractivity contribution >= 4 is 10.0 Å². The van der Waals surface area contributed by atoms with E-state index in [1.54, 1.807) is 13.8 Å². The first-order chi connectivity index (χ1) is 7.89. The molecule has 0 spiro atoms. The largest absolute Gasteiger partial charge is 0.328 e. The number of nitrogens with zero attached hydrogens (tertiary/aromatic N) is 1. The van der Waals surface area contributed by atoms with Gasteiger partial charge in [-0.15, -0.1) is 6.58 Å². The number of aromatic amines is 1. The normalized spacial score (nSPS) is 12.0. The molecular formula is C11H16N2O3S. The molecule has 0 saturated carbocycles. The van der Waals surface area contributed by atoms with Gasteiger partial charge in [0.2, 0.25) is 15.6 Å². The van der Waals surface area contributed by atoms with Crippen LogP contribution in [0.2, 0.25) is 0 Å². The fraction of sp³-hybridized carbons (Fsp3) is 0.364. The van der Waals surface area contributed by atoms with Gasteiger partial charge in [-0.05, 0) is 19.9 Å². The summed E-state index contributed by atoms with van der Waals surface area (Å²) in [6.45, 7) is 7.34. The third-order valence-electron chi connectivity index (χ3n) is 2.25. The van der Waals surface area contributed by atoms with Gasteiger partial charge in [0.1, 0.15) is 0 Å². The van der Waals surface area contributed by atoms with Crippen molar-refractivity contribution < 1.29 is 8.42 Å². The summed E-state index contributed by atoms with van der Waals surface area (Å²) < 4.78 is 25.8. The smallest absolute Gasteiger partial charge is 0.247 e. The Bertz CT molecular complexity index is 526. The lowest BCUT2D eigenvalue weighted by Crippen LogP contribution is -2.37. The Labute approximate surface area is 101 Å². The van der Waals surface area contributed by atoms with Crippen molar-refractivity contribution in [2.75, 3.05) is 6.54 Å². The Morgan fingerprint density at radius 1 is 1.47 bits per heavy atom. The van der Waals surface area contributed by atoms with Crippen LogP contribution >= 0.6 is 0 Å². The fourth-order valence-corrected chi connectivity index (χ4v) is 2.98. The van der Waals surface area contributed by atoms with Gasteiger partial charge >= 0.3 is 0 Å². The van der Waals surface area contributed by atoms with Crippen molar-refractivity contribution in [3.63, 3.8) is 0 Å². The number of hydrogen-bond acceptors (Lipinski definition) is 3. The molecule has 5 nitrogen and oxygen atoms in total. The number of rotatable bonds is 5. The van der Waals surface area contributed by atoms with Crippen molar-refractivity contribution in [3.05, 3.63) is 41.3 Å². The Morgan fingerprint density at radius 3 is 2.53 bits per heavy atom. The van der Waals surface area contributed by atoms with Crippen molar-refractivity contribution in [2.24, 2.45) is 0 Å². The minimum absolute atomic E-state index is 0.0765. The van der Waals surface area contributed by atoms with Crippen LogP contribution < -0.4 is 5.56 Å².